The van der Waals surface area contributed by atoms with Crippen molar-refractivity contribution in [2.75, 3.05) is 0 Å². The molecule has 0 amide bonds. The number of rotatable bonds is 3. The van der Waals surface area contributed by atoms with Crippen molar-refractivity contribution in [2.24, 2.45) is 40.4 Å². The van der Waals surface area contributed by atoms with Crippen molar-refractivity contribution in [1.82, 2.24) is 0 Å². The quantitative estimate of drug-likeness (QED) is 0.772. The fraction of sp³-hybridized carbons (Fsp3) is 0.739. The Morgan fingerprint density at radius 3 is 2.73 bits per heavy atom. The predicted molar refractivity (Wildman–Crippen MR) is 102 cm³/mol. The first-order chi connectivity index (χ1) is 12.3. The van der Waals surface area contributed by atoms with Crippen molar-refractivity contribution in [3.63, 3.8) is 0 Å². The normalized spacial score (nSPS) is 45.3. The number of carbonyl (C=O) groups excluding carboxylic acids is 1. The Balaban J connectivity index is 1.64. The highest BCUT2D eigenvalue weighted by Crippen LogP contribution is 2.66. The second-order valence-electron chi connectivity index (χ2n) is 9.94. The fourth-order valence-electron chi connectivity index (χ4n) is 7.39. The van der Waals surface area contributed by atoms with Crippen molar-refractivity contribution >= 4 is 11.8 Å². The first-order valence-electron chi connectivity index (χ1n) is 10.4. The molecule has 7 unspecified atom stereocenters. The van der Waals surface area contributed by atoms with Gasteiger partial charge in [0, 0.05) is 12.8 Å². The van der Waals surface area contributed by atoms with Crippen LogP contribution in [0.25, 0.3) is 0 Å². The summed E-state index contributed by atoms with van der Waals surface area (Å²) >= 11 is 0. The number of ketones is 1. The minimum absolute atomic E-state index is 0.152. The van der Waals surface area contributed by atoms with Crippen LogP contribution in [0, 0.1) is 40.4 Å². The molecule has 0 aromatic heterocycles. The zero-order valence-electron chi connectivity index (χ0n) is 16.3. The van der Waals surface area contributed by atoms with Crippen LogP contribution in [0.3, 0.4) is 0 Å². The topological polar surface area (TPSA) is 54.4 Å². The fourth-order valence-corrected chi connectivity index (χ4v) is 7.39. The molecule has 26 heavy (non-hydrogen) atoms. The minimum atomic E-state index is -0.662. The molecule has 0 aliphatic heterocycles. The van der Waals surface area contributed by atoms with Crippen LogP contribution in [0.1, 0.15) is 65.7 Å². The number of hydrogen-bond acceptors (Lipinski definition) is 2. The Kier molecular flexibility index (Phi) is 4.20. The third kappa shape index (κ3) is 2.53. The number of hydrogen-bond donors (Lipinski definition) is 1. The van der Waals surface area contributed by atoms with E-state index in [9.17, 15) is 14.7 Å². The summed E-state index contributed by atoms with van der Waals surface area (Å²) in [6, 6.07) is 0. The van der Waals surface area contributed by atoms with Crippen molar-refractivity contribution in [2.45, 2.75) is 65.7 Å². The Bertz CT molecular complexity index is 690. The van der Waals surface area contributed by atoms with E-state index in [1.54, 1.807) is 0 Å². The summed E-state index contributed by atoms with van der Waals surface area (Å²) in [4.78, 5) is 23.1. The molecule has 4 rings (SSSR count). The third-order valence-electron chi connectivity index (χ3n) is 8.77. The molecule has 0 bridgehead atoms. The van der Waals surface area contributed by atoms with E-state index in [2.05, 4.69) is 32.9 Å². The highest BCUT2D eigenvalue weighted by Gasteiger charge is 2.58. The molecule has 3 heteroatoms. The Labute approximate surface area is 156 Å². The van der Waals surface area contributed by atoms with Crippen LogP contribution in [-0.4, -0.2) is 16.9 Å². The summed E-state index contributed by atoms with van der Waals surface area (Å²) in [5.41, 5.74) is 1.68. The van der Waals surface area contributed by atoms with Crippen LogP contribution in [0.4, 0.5) is 0 Å². The van der Waals surface area contributed by atoms with Gasteiger partial charge in [-0.05, 0) is 84.2 Å². The van der Waals surface area contributed by atoms with Gasteiger partial charge in [-0.1, -0.05) is 32.9 Å². The van der Waals surface area contributed by atoms with E-state index in [0.29, 0.717) is 36.5 Å². The maximum atomic E-state index is 11.9. The van der Waals surface area contributed by atoms with Gasteiger partial charge in [0.1, 0.15) is 0 Å². The van der Waals surface area contributed by atoms with Crippen LogP contribution >= 0.6 is 0 Å². The maximum Gasteiger partial charge on any atom is 0.303 e. The molecule has 0 radical (unpaired) electrons. The van der Waals surface area contributed by atoms with Gasteiger partial charge in [-0.3, -0.25) is 9.59 Å². The number of fused-ring (bicyclic) bond motifs is 5. The van der Waals surface area contributed by atoms with Crippen LogP contribution in [0.15, 0.2) is 23.8 Å². The average molecular weight is 357 g/mol. The Morgan fingerprint density at radius 1 is 1.23 bits per heavy atom. The van der Waals surface area contributed by atoms with Gasteiger partial charge in [0.05, 0.1) is 0 Å². The van der Waals surface area contributed by atoms with E-state index in [4.69, 9.17) is 0 Å². The van der Waals surface area contributed by atoms with Gasteiger partial charge in [0.2, 0.25) is 0 Å². The molecule has 4 aliphatic carbocycles. The van der Waals surface area contributed by atoms with E-state index >= 15 is 0 Å². The first-order valence-corrected chi connectivity index (χ1v) is 10.4. The van der Waals surface area contributed by atoms with Gasteiger partial charge in [-0.25, -0.2) is 0 Å². The zero-order chi connectivity index (χ0) is 18.7. The maximum absolute atomic E-state index is 11.9. The minimum Gasteiger partial charge on any atom is -0.481 e. The summed E-state index contributed by atoms with van der Waals surface area (Å²) in [7, 11) is 0. The molecule has 2 saturated carbocycles. The molecule has 0 saturated heterocycles. The summed E-state index contributed by atoms with van der Waals surface area (Å²) in [6.07, 6.45) is 13.3. The molecule has 0 heterocycles. The monoisotopic (exact) mass is 356 g/mol. The molecule has 4 aliphatic rings. The number of carboxylic acids is 1. The standard InChI is InChI=1S/C23H32O3/c1-14(12-21(25)26)18-6-7-19-17-5-4-15-13-16(24)8-10-22(15,2)20(17)9-11-23(18,19)3/h4-5,13-14,17-20H,6-12H2,1-3H3,(H,25,26). The highest BCUT2D eigenvalue weighted by atomic mass is 16.4. The van der Waals surface area contributed by atoms with E-state index in [1.807, 2.05) is 6.08 Å². The molecule has 1 N–H and O–H groups in total. The lowest BCUT2D eigenvalue weighted by molar-refractivity contribution is -0.139. The second-order valence-corrected chi connectivity index (χ2v) is 9.94. The smallest absolute Gasteiger partial charge is 0.303 e. The second kappa shape index (κ2) is 6.07. The van der Waals surface area contributed by atoms with E-state index in [0.717, 1.165) is 6.42 Å². The lowest BCUT2D eigenvalue weighted by Crippen LogP contribution is -2.49. The van der Waals surface area contributed by atoms with Gasteiger partial charge in [0.15, 0.2) is 5.78 Å². The zero-order valence-corrected chi connectivity index (χ0v) is 16.3. The molecule has 3 nitrogen and oxygen atoms in total. The molecule has 0 aromatic rings. The number of carbonyl (C=O) groups is 2. The highest BCUT2D eigenvalue weighted by molar-refractivity contribution is 5.92. The van der Waals surface area contributed by atoms with Gasteiger partial charge < -0.3 is 5.11 Å². The number of carboxylic acid groups (broad SMARTS) is 1. The van der Waals surface area contributed by atoms with Crippen LogP contribution < -0.4 is 0 Å². The SMILES string of the molecule is CC(CC(=O)O)C1CCC2C3C=CC4=CC(=O)CCC4(C)C3CCC12C. The molecular weight excluding hydrogens is 324 g/mol. The van der Waals surface area contributed by atoms with Gasteiger partial charge in [0.25, 0.3) is 0 Å². The van der Waals surface area contributed by atoms with Gasteiger partial charge in [-0.2, -0.15) is 0 Å². The van der Waals surface area contributed by atoms with Crippen molar-refractivity contribution < 1.29 is 14.7 Å². The third-order valence-corrected chi connectivity index (χ3v) is 8.77. The van der Waals surface area contributed by atoms with E-state index < -0.39 is 5.97 Å². The summed E-state index contributed by atoms with van der Waals surface area (Å²) in [5, 5.41) is 9.25. The summed E-state index contributed by atoms with van der Waals surface area (Å²) in [5.74, 6) is 2.29. The van der Waals surface area contributed by atoms with Crippen molar-refractivity contribution in [1.29, 1.82) is 0 Å². The molecule has 142 valence electrons. The largest absolute Gasteiger partial charge is 0.481 e. The molecule has 2 fully saturated rings. The van der Waals surface area contributed by atoms with Crippen LogP contribution in [0.5, 0.6) is 0 Å². The van der Waals surface area contributed by atoms with Crippen molar-refractivity contribution in [3.05, 3.63) is 23.8 Å². The number of aliphatic carboxylic acids is 1. The van der Waals surface area contributed by atoms with Crippen LogP contribution in [-0.2, 0) is 9.59 Å². The van der Waals surface area contributed by atoms with E-state index in [1.165, 1.54) is 31.3 Å². The summed E-state index contributed by atoms with van der Waals surface area (Å²) < 4.78 is 0. The lowest BCUT2D eigenvalue weighted by atomic mass is 9.48. The number of allylic oxidation sites excluding steroid dienone is 4. The lowest BCUT2D eigenvalue weighted by Gasteiger charge is -2.56. The van der Waals surface area contributed by atoms with Gasteiger partial charge >= 0.3 is 5.97 Å². The van der Waals surface area contributed by atoms with E-state index in [-0.39, 0.29) is 22.5 Å². The van der Waals surface area contributed by atoms with Crippen molar-refractivity contribution in [3.8, 4) is 0 Å². The first kappa shape index (κ1) is 18.0. The molecule has 0 aromatic carbocycles. The predicted octanol–water partition coefficient (Wildman–Crippen LogP) is 5.02. The molecular formula is C23H32O3. The molecule has 7 atom stereocenters. The average Bonchev–Trinajstić information content (AvgIpc) is 2.92. The Morgan fingerprint density at radius 2 is 2.00 bits per heavy atom. The van der Waals surface area contributed by atoms with Crippen LogP contribution in [0.2, 0.25) is 0 Å². The molecule has 0 spiro atoms. The van der Waals surface area contributed by atoms with Gasteiger partial charge in [-0.15, -0.1) is 0 Å². The Hall–Kier alpha value is -1.38. The summed E-state index contributed by atoms with van der Waals surface area (Å²) in [6.45, 7) is 6.97.